The first kappa shape index (κ1) is 18.8. The minimum atomic E-state index is -0.273. The summed E-state index contributed by atoms with van der Waals surface area (Å²) in [6, 6.07) is 12.1. The predicted octanol–water partition coefficient (Wildman–Crippen LogP) is 3.55. The van der Waals surface area contributed by atoms with Crippen LogP contribution >= 0.6 is 11.8 Å². The molecule has 0 saturated heterocycles. The van der Waals surface area contributed by atoms with Crippen LogP contribution in [-0.2, 0) is 9.47 Å². The molecule has 5 nitrogen and oxygen atoms in total. The molecular weight excluding hydrogens is 348 g/mol. The molecule has 3 aromatic rings. The minimum Gasteiger partial charge on any atom is -0.461 e. The van der Waals surface area contributed by atoms with Crippen LogP contribution in [0.4, 0.5) is 0 Å². The van der Waals surface area contributed by atoms with Crippen LogP contribution in [0, 0.1) is 0 Å². The van der Waals surface area contributed by atoms with Crippen LogP contribution < -0.4 is 0 Å². The summed E-state index contributed by atoms with van der Waals surface area (Å²) in [4.78, 5) is 15.9. The third kappa shape index (κ3) is 4.03. The lowest BCUT2D eigenvalue weighted by Gasteiger charge is -2.09. The molecule has 0 radical (unpaired) electrons. The van der Waals surface area contributed by atoms with Crippen LogP contribution in [0.2, 0.25) is 0 Å². The van der Waals surface area contributed by atoms with Gasteiger partial charge in [-0.25, -0.2) is 4.79 Å². The van der Waals surface area contributed by atoms with Crippen molar-refractivity contribution in [1.29, 1.82) is 0 Å². The summed E-state index contributed by atoms with van der Waals surface area (Å²) in [5, 5.41) is 0.919. The van der Waals surface area contributed by atoms with E-state index in [0.717, 1.165) is 27.1 Å². The van der Waals surface area contributed by atoms with Crippen LogP contribution in [0.1, 0.15) is 10.4 Å². The zero-order valence-corrected chi connectivity index (χ0v) is 16.2. The number of likely N-dealkylation sites (N-methyl/N-ethyl adjacent to an activating group) is 1. The molecular formula is C20H24N2O3S. The van der Waals surface area contributed by atoms with Gasteiger partial charge in [-0.3, -0.25) is 0 Å². The lowest BCUT2D eigenvalue weighted by molar-refractivity contribution is 0.0486. The third-order valence-electron chi connectivity index (χ3n) is 4.15. The molecule has 0 unspecified atom stereocenters. The molecule has 1 aromatic carbocycles. The Hall–Kier alpha value is -2.02. The van der Waals surface area contributed by atoms with Crippen molar-refractivity contribution in [3.8, 4) is 0 Å². The van der Waals surface area contributed by atoms with Crippen molar-refractivity contribution in [2.45, 2.75) is 4.90 Å². The van der Waals surface area contributed by atoms with Crippen molar-refractivity contribution in [1.82, 2.24) is 9.30 Å². The highest BCUT2D eigenvalue weighted by Crippen LogP contribution is 2.31. The standard InChI is InChI=1S/C20H24N2O3S/c1-21(2)10-11-25-20(23)19-16-8-7-15(26-13-12-24-3)14-18(16)22-9-5-4-6-17(19)22/h4-9,14H,10-13H2,1-3H3. The van der Waals surface area contributed by atoms with E-state index in [0.29, 0.717) is 25.3 Å². The quantitative estimate of drug-likeness (QED) is 0.344. The van der Waals surface area contributed by atoms with E-state index >= 15 is 0 Å². The Balaban J connectivity index is 1.97. The number of carbonyl (C=O) groups excluding carboxylic acids is 1. The number of fused-ring (bicyclic) bond motifs is 3. The van der Waals surface area contributed by atoms with E-state index in [2.05, 4.69) is 16.5 Å². The Morgan fingerprint density at radius 2 is 2.00 bits per heavy atom. The molecule has 0 N–H and O–H groups in total. The Kier molecular flexibility index (Phi) is 6.19. The summed E-state index contributed by atoms with van der Waals surface area (Å²) >= 11 is 1.74. The molecule has 0 spiro atoms. The smallest absolute Gasteiger partial charge is 0.341 e. The lowest BCUT2D eigenvalue weighted by Crippen LogP contribution is -2.20. The summed E-state index contributed by atoms with van der Waals surface area (Å²) in [7, 11) is 5.62. The van der Waals surface area contributed by atoms with Crippen LogP contribution in [0.15, 0.2) is 47.5 Å². The number of nitrogens with zero attached hydrogens (tertiary/aromatic N) is 2. The van der Waals surface area contributed by atoms with Gasteiger partial charge >= 0.3 is 5.97 Å². The molecule has 0 aliphatic rings. The zero-order valence-electron chi connectivity index (χ0n) is 15.4. The van der Waals surface area contributed by atoms with Crippen LogP contribution in [0.3, 0.4) is 0 Å². The van der Waals surface area contributed by atoms with Gasteiger partial charge in [0, 0.05) is 35.9 Å². The van der Waals surface area contributed by atoms with Crippen LogP contribution in [0.25, 0.3) is 16.4 Å². The van der Waals surface area contributed by atoms with Gasteiger partial charge in [0.25, 0.3) is 0 Å². The number of esters is 1. The molecule has 0 atom stereocenters. The molecule has 0 fully saturated rings. The van der Waals surface area contributed by atoms with E-state index in [1.54, 1.807) is 18.9 Å². The highest BCUT2D eigenvalue weighted by molar-refractivity contribution is 7.99. The van der Waals surface area contributed by atoms with E-state index in [1.165, 1.54) is 0 Å². The summed E-state index contributed by atoms with van der Waals surface area (Å²) in [6.45, 7) is 1.79. The highest BCUT2D eigenvalue weighted by atomic mass is 32.2. The molecule has 0 bridgehead atoms. The molecule has 138 valence electrons. The Labute approximate surface area is 157 Å². The number of thioether (sulfide) groups is 1. The maximum atomic E-state index is 12.7. The Bertz CT molecular complexity index is 905. The Morgan fingerprint density at radius 3 is 2.77 bits per heavy atom. The van der Waals surface area contributed by atoms with Gasteiger partial charge in [-0.05, 0) is 38.4 Å². The maximum Gasteiger partial charge on any atom is 0.341 e. The normalized spacial score (nSPS) is 11.5. The number of aromatic nitrogens is 1. The maximum absolute atomic E-state index is 12.7. The summed E-state index contributed by atoms with van der Waals surface area (Å²) in [5.41, 5.74) is 2.52. The largest absolute Gasteiger partial charge is 0.461 e. The van der Waals surface area contributed by atoms with Crippen molar-refractivity contribution in [3.05, 3.63) is 48.2 Å². The molecule has 0 saturated carbocycles. The van der Waals surface area contributed by atoms with E-state index in [4.69, 9.17) is 9.47 Å². The second-order valence-electron chi connectivity index (χ2n) is 6.29. The fraction of sp³-hybridized carbons (Fsp3) is 0.350. The van der Waals surface area contributed by atoms with Gasteiger partial charge in [-0.15, -0.1) is 11.8 Å². The molecule has 2 heterocycles. The number of methoxy groups -OCH3 is 1. The molecule has 26 heavy (non-hydrogen) atoms. The number of ether oxygens (including phenoxy) is 2. The number of hydrogen-bond donors (Lipinski definition) is 0. The average Bonchev–Trinajstić information content (AvgIpc) is 2.95. The van der Waals surface area contributed by atoms with Gasteiger partial charge in [-0.2, -0.15) is 0 Å². The van der Waals surface area contributed by atoms with Crippen LogP contribution in [-0.4, -0.2) is 62.0 Å². The topological polar surface area (TPSA) is 43.2 Å². The number of benzene rings is 1. The van der Waals surface area contributed by atoms with Gasteiger partial charge in [-0.1, -0.05) is 12.1 Å². The van der Waals surface area contributed by atoms with Gasteiger partial charge in [0.15, 0.2) is 0 Å². The van der Waals surface area contributed by atoms with E-state index in [9.17, 15) is 4.79 Å². The fourth-order valence-corrected chi connectivity index (χ4v) is 3.70. The monoisotopic (exact) mass is 372 g/mol. The number of carbonyl (C=O) groups is 1. The Morgan fingerprint density at radius 1 is 1.15 bits per heavy atom. The molecule has 6 heteroatoms. The number of pyridine rings is 1. The fourth-order valence-electron chi connectivity index (χ4n) is 2.86. The molecule has 0 amide bonds. The first-order chi connectivity index (χ1) is 12.6. The lowest BCUT2D eigenvalue weighted by atomic mass is 10.1. The van der Waals surface area contributed by atoms with Gasteiger partial charge in [0.05, 0.1) is 23.2 Å². The first-order valence-corrected chi connectivity index (χ1v) is 9.57. The van der Waals surface area contributed by atoms with Crippen molar-refractivity contribution in [3.63, 3.8) is 0 Å². The first-order valence-electron chi connectivity index (χ1n) is 8.58. The van der Waals surface area contributed by atoms with Crippen molar-refractivity contribution in [2.24, 2.45) is 0 Å². The minimum absolute atomic E-state index is 0.273. The number of hydrogen-bond acceptors (Lipinski definition) is 5. The number of rotatable bonds is 8. The summed E-state index contributed by atoms with van der Waals surface area (Å²) in [6.07, 6.45) is 1.98. The summed E-state index contributed by atoms with van der Waals surface area (Å²) in [5.74, 6) is 0.621. The second kappa shape index (κ2) is 8.58. The molecule has 0 aliphatic carbocycles. The van der Waals surface area contributed by atoms with Crippen molar-refractivity contribution >= 4 is 34.2 Å². The van der Waals surface area contributed by atoms with Gasteiger partial charge < -0.3 is 18.8 Å². The van der Waals surface area contributed by atoms with E-state index in [-0.39, 0.29) is 5.97 Å². The van der Waals surface area contributed by atoms with Gasteiger partial charge in [0.2, 0.25) is 0 Å². The third-order valence-corrected chi connectivity index (χ3v) is 5.10. The highest BCUT2D eigenvalue weighted by Gasteiger charge is 2.19. The van der Waals surface area contributed by atoms with Gasteiger partial charge in [0.1, 0.15) is 6.61 Å². The molecule has 0 aliphatic heterocycles. The molecule has 2 aromatic heterocycles. The average molecular weight is 372 g/mol. The predicted molar refractivity (Wildman–Crippen MR) is 106 cm³/mol. The molecule has 3 rings (SSSR count). The van der Waals surface area contributed by atoms with Crippen LogP contribution in [0.5, 0.6) is 0 Å². The van der Waals surface area contributed by atoms with E-state index < -0.39 is 0 Å². The SMILES string of the molecule is COCCSc1ccc2c(C(=O)OCCN(C)C)c3ccccn3c2c1. The summed E-state index contributed by atoms with van der Waals surface area (Å²) < 4.78 is 12.7. The van der Waals surface area contributed by atoms with Crippen molar-refractivity contribution in [2.75, 3.05) is 46.7 Å². The van der Waals surface area contributed by atoms with E-state index in [1.807, 2.05) is 49.5 Å². The van der Waals surface area contributed by atoms with Crippen molar-refractivity contribution < 1.29 is 14.3 Å². The zero-order chi connectivity index (χ0) is 18.5. The second-order valence-corrected chi connectivity index (χ2v) is 7.46.